The van der Waals surface area contributed by atoms with Gasteiger partial charge in [-0.25, -0.2) is 0 Å². The SMILES string of the molecule is CN1CCN(C2CCCN(F)C2)CC1. The Labute approximate surface area is 85.4 Å². The lowest BCUT2D eigenvalue weighted by Gasteiger charge is -2.40. The molecule has 4 heteroatoms. The molecule has 0 aliphatic carbocycles. The van der Waals surface area contributed by atoms with Gasteiger partial charge in [-0.15, -0.1) is 9.60 Å². The zero-order chi connectivity index (χ0) is 9.97. The number of hydrogen-bond donors (Lipinski definition) is 0. The molecule has 0 aromatic heterocycles. The molecule has 2 aliphatic heterocycles. The van der Waals surface area contributed by atoms with E-state index < -0.39 is 0 Å². The fraction of sp³-hybridized carbons (Fsp3) is 1.00. The second kappa shape index (κ2) is 4.55. The molecule has 2 heterocycles. The Morgan fingerprint density at radius 2 is 1.79 bits per heavy atom. The van der Waals surface area contributed by atoms with Gasteiger partial charge in [0.2, 0.25) is 0 Å². The van der Waals surface area contributed by atoms with Crippen molar-refractivity contribution in [2.45, 2.75) is 18.9 Å². The van der Waals surface area contributed by atoms with Crippen molar-refractivity contribution < 1.29 is 4.48 Å². The van der Waals surface area contributed by atoms with Gasteiger partial charge in [0.15, 0.2) is 0 Å². The molecule has 1 atom stereocenters. The monoisotopic (exact) mass is 201 g/mol. The molecule has 82 valence electrons. The highest BCUT2D eigenvalue weighted by atomic mass is 19.2. The Hall–Kier alpha value is -0.190. The summed E-state index contributed by atoms with van der Waals surface area (Å²) in [4.78, 5) is 4.79. The van der Waals surface area contributed by atoms with E-state index in [4.69, 9.17) is 0 Å². The number of likely N-dealkylation sites (N-methyl/N-ethyl adjacent to an activating group) is 1. The van der Waals surface area contributed by atoms with Crippen LogP contribution in [0.25, 0.3) is 0 Å². The predicted octanol–water partition coefficient (Wildman–Crippen LogP) is 0.583. The molecule has 0 radical (unpaired) electrons. The van der Waals surface area contributed by atoms with E-state index in [-0.39, 0.29) is 0 Å². The van der Waals surface area contributed by atoms with E-state index in [0.29, 0.717) is 19.1 Å². The molecule has 0 bridgehead atoms. The van der Waals surface area contributed by atoms with Gasteiger partial charge in [0.25, 0.3) is 0 Å². The summed E-state index contributed by atoms with van der Waals surface area (Å²) >= 11 is 0. The standard InChI is InChI=1S/C10H20FN3/c1-12-5-7-13(8-6-12)10-3-2-4-14(11)9-10/h10H,2-9H2,1H3. The zero-order valence-electron chi connectivity index (χ0n) is 8.95. The Morgan fingerprint density at radius 1 is 1.07 bits per heavy atom. The van der Waals surface area contributed by atoms with Crippen molar-refractivity contribution in [3.63, 3.8) is 0 Å². The second-order valence-corrected chi connectivity index (χ2v) is 4.50. The first-order chi connectivity index (χ1) is 6.75. The topological polar surface area (TPSA) is 9.72 Å². The first-order valence-corrected chi connectivity index (χ1v) is 5.59. The number of halogens is 1. The molecule has 2 rings (SSSR count). The van der Waals surface area contributed by atoms with Crippen LogP contribution in [0.3, 0.4) is 0 Å². The lowest BCUT2D eigenvalue weighted by atomic mass is 10.0. The third-order valence-corrected chi connectivity index (χ3v) is 3.40. The van der Waals surface area contributed by atoms with E-state index in [2.05, 4.69) is 16.8 Å². The van der Waals surface area contributed by atoms with E-state index in [9.17, 15) is 4.48 Å². The normalized spacial score (nSPS) is 33.4. The Balaban J connectivity index is 1.82. The summed E-state index contributed by atoms with van der Waals surface area (Å²) in [6.07, 6.45) is 2.18. The van der Waals surface area contributed by atoms with Gasteiger partial charge in [0, 0.05) is 45.3 Å². The lowest BCUT2D eigenvalue weighted by molar-refractivity contribution is -0.0391. The van der Waals surface area contributed by atoms with E-state index in [1.165, 1.54) is 6.42 Å². The lowest BCUT2D eigenvalue weighted by Crippen LogP contribution is -2.53. The average molecular weight is 201 g/mol. The second-order valence-electron chi connectivity index (χ2n) is 4.50. The molecule has 0 aromatic rings. The summed E-state index contributed by atoms with van der Waals surface area (Å²) in [5.41, 5.74) is 0. The Bertz CT molecular complexity index is 180. The maximum atomic E-state index is 13.1. The maximum absolute atomic E-state index is 13.1. The first kappa shape index (κ1) is 10.3. The van der Waals surface area contributed by atoms with Gasteiger partial charge in [0.1, 0.15) is 0 Å². The highest BCUT2D eigenvalue weighted by Crippen LogP contribution is 2.17. The van der Waals surface area contributed by atoms with Crippen molar-refractivity contribution in [2.75, 3.05) is 46.3 Å². The summed E-state index contributed by atoms with van der Waals surface area (Å²) in [5.74, 6) is 0. The maximum Gasteiger partial charge on any atom is 0.0446 e. The van der Waals surface area contributed by atoms with Gasteiger partial charge in [-0.1, -0.05) is 0 Å². The van der Waals surface area contributed by atoms with Crippen molar-refractivity contribution in [3.05, 3.63) is 0 Å². The molecular formula is C10H20FN3. The van der Waals surface area contributed by atoms with Gasteiger partial charge in [-0.2, -0.15) is 0 Å². The van der Waals surface area contributed by atoms with Gasteiger partial charge < -0.3 is 4.90 Å². The molecular weight excluding hydrogens is 181 g/mol. The molecule has 2 fully saturated rings. The summed E-state index contributed by atoms with van der Waals surface area (Å²) in [5, 5.41) is 0.979. The van der Waals surface area contributed by atoms with Gasteiger partial charge in [0.05, 0.1) is 0 Å². The van der Waals surface area contributed by atoms with Crippen LogP contribution in [0.5, 0.6) is 0 Å². The van der Waals surface area contributed by atoms with Crippen molar-refractivity contribution in [1.82, 2.24) is 14.9 Å². The van der Waals surface area contributed by atoms with Gasteiger partial charge in [-0.3, -0.25) is 4.90 Å². The van der Waals surface area contributed by atoms with Gasteiger partial charge in [-0.05, 0) is 19.9 Å². The van der Waals surface area contributed by atoms with E-state index in [1.807, 2.05) is 0 Å². The van der Waals surface area contributed by atoms with Crippen LogP contribution in [0.2, 0.25) is 0 Å². The first-order valence-electron chi connectivity index (χ1n) is 5.59. The third-order valence-electron chi connectivity index (χ3n) is 3.40. The van der Waals surface area contributed by atoms with Crippen LogP contribution in [-0.2, 0) is 0 Å². The summed E-state index contributed by atoms with van der Waals surface area (Å²) in [6, 6.07) is 0.461. The van der Waals surface area contributed by atoms with Crippen LogP contribution in [-0.4, -0.2) is 67.3 Å². The van der Waals surface area contributed by atoms with Crippen molar-refractivity contribution in [1.29, 1.82) is 0 Å². The van der Waals surface area contributed by atoms with Crippen LogP contribution >= 0.6 is 0 Å². The highest BCUT2D eigenvalue weighted by Gasteiger charge is 2.27. The predicted molar refractivity (Wildman–Crippen MR) is 54.8 cm³/mol. The zero-order valence-corrected chi connectivity index (χ0v) is 8.95. The molecule has 2 aliphatic rings. The molecule has 0 aromatic carbocycles. The average Bonchev–Trinajstić information content (AvgIpc) is 2.19. The molecule has 14 heavy (non-hydrogen) atoms. The minimum Gasteiger partial charge on any atom is -0.304 e. The van der Waals surface area contributed by atoms with Crippen molar-refractivity contribution in [3.8, 4) is 0 Å². The van der Waals surface area contributed by atoms with E-state index in [0.717, 1.165) is 37.7 Å². The van der Waals surface area contributed by atoms with Crippen LogP contribution in [0.15, 0.2) is 0 Å². The largest absolute Gasteiger partial charge is 0.304 e. The number of rotatable bonds is 1. The third kappa shape index (κ3) is 2.43. The number of nitrogens with zero attached hydrogens (tertiary/aromatic N) is 3. The van der Waals surface area contributed by atoms with Crippen molar-refractivity contribution >= 4 is 0 Å². The summed E-state index contributed by atoms with van der Waals surface area (Å²) < 4.78 is 13.1. The van der Waals surface area contributed by atoms with Crippen LogP contribution < -0.4 is 0 Å². The molecule has 0 saturated carbocycles. The van der Waals surface area contributed by atoms with E-state index >= 15 is 0 Å². The van der Waals surface area contributed by atoms with E-state index in [1.54, 1.807) is 0 Å². The fourth-order valence-electron chi connectivity index (χ4n) is 2.39. The van der Waals surface area contributed by atoms with Crippen LogP contribution in [0, 0.1) is 0 Å². The molecule has 3 nitrogen and oxygen atoms in total. The minimum atomic E-state index is 0.461. The van der Waals surface area contributed by atoms with Crippen LogP contribution in [0.1, 0.15) is 12.8 Å². The molecule has 0 amide bonds. The highest BCUT2D eigenvalue weighted by molar-refractivity contribution is 4.81. The van der Waals surface area contributed by atoms with Gasteiger partial charge >= 0.3 is 0 Å². The molecule has 0 spiro atoms. The number of piperazine rings is 1. The summed E-state index contributed by atoms with van der Waals surface area (Å²) in [7, 11) is 2.15. The molecule has 1 unspecified atom stereocenters. The molecule has 0 N–H and O–H groups in total. The van der Waals surface area contributed by atoms with Crippen molar-refractivity contribution in [2.24, 2.45) is 0 Å². The minimum absolute atomic E-state index is 0.461. The number of piperidine rings is 1. The quantitative estimate of drug-likeness (QED) is 0.575. The Morgan fingerprint density at radius 3 is 2.43 bits per heavy atom. The molecule has 2 saturated heterocycles. The summed E-state index contributed by atoms with van der Waals surface area (Å²) in [6.45, 7) is 5.71. The smallest absolute Gasteiger partial charge is 0.0446 e. The van der Waals surface area contributed by atoms with Crippen LogP contribution in [0.4, 0.5) is 4.48 Å². The number of hydrogen-bond acceptors (Lipinski definition) is 3. The fourth-order valence-corrected chi connectivity index (χ4v) is 2.39. The Kier molecular flexibility index (Phi) is 3.36.